The van der Waals surface area contributed by atoms with Gasteiger partial charge in [-0.25, -0.2) is 0 Å². The van der Waals surface area contributed by atoms with Gasteiger partial charge in [0, 0.05) is 29.6 Å². The molecule has 5 aromatic carbocycles. The van der Waals surface area contributed by atoms with Crippen LogP contribution < -0.4 is 14.4 Å². The molecule has 0 amide bonds. The van der Waals surface area contributed by atoms with E-state index < -0.39 is 0 Å². The SMILES string of the molecule is COc1cc(OC)cc(N(c2ccc3ccccc3c2)c2ccc3ccccc3c2)c1. The molecule has 0 saturated carbocycles. The van der Waals surface area contributed by atoms with Gasteiger partial charge in [-0.1, -0.05) is 60.7 Å². The van der Waals surface area contributed by atoms with E-state index in [1.54, 1.807) is 14.2 Å². The number of hydrogen-bond donors (Lipinski definition) is 0. The van der Waals surface area contributed by atoms with Crippen molar-refractivity contribution < 1.29 is 9.47 Å². The molecule has 0 heterocycles. The summed E-state index contributed by atoms with van der Waals surface area (Å²) in [5.74, 6) is 1.50. The van der Waals surface area contributed by atoms with Gasteiger partial charge in [0.05, 0.1) is 19.9 Å². The van der Waals surface area contributed by atoms with Crippen LogP contribution in [-0.4, -0.2) is 14.2 Å². The Bertz CT molecular complexity index is 1270. The van der Waals surface area contributed by atoms with Gasteiger partial charge in [0.1, 0.15) is 11.5 Å². The molecule has 0 atom stereocenters. The number of ether oxygens (including phenoxy) is 2. The van der Waals surface area contributed by atoms with E-state index >= 15 is 0 Å². The summed E-state index contributed by atoms with van der Waals surface area (Å²) in [6.45, 7) is 0. The maximum Gasteiger partial charge on any atom is 0.124 e. The second kappa shape index (κ2) is 8.04. The topological polar surface area (TPSA) is 21.7 Å². The molecule has 0 radical (unpaired) electrons. The molecule has 0 aromatic heterocycles. The third-order valence-electron chi connectivity index (χ3n) is 5.58. The summed E-state index contributed by atoms with van der Waals surface area (Å²) in [4.78, 5) is 2.24. The average Bonchev–Trinajstić information content (AvgIpc) is 2.83. The fourth-order valence-corrected chi connectivity index (χ4v) is 4.00. The minimum atomic E-state index is 0.751. The highest BCUT2D eigenvalue weighted by atomic mass is 16.5. The highest BCUT2D eigenvalue weighted by Crippen LogP contribution is 2.40. The van der Waals surface area contributed by atoms with Crippen LogP contribution in [0, 0.1) is 0 Å². The van der Waals surface area contributed by atoms with Crippen molar-refractivity contribution in [3.63, 3.8) is 0 Å². The first-order chi connectivity index (χ1) is 15.2. The molecule has 0 aliphatic rings. The maximum absolute atomic E-state index is 5.55. The third-order valence-corrected chi connectivity index (χ3v) is 5.58. The Balaban J connectivity index is 1.74. The molecule has 0 aliphatic carbocycles. The Morgan fingerprint density at radius 3 is 1.35 bits per heavy atom. The second-order valence-corrected chi connectivity index (χ2v) is 7.47. The van der Waals surface area contributed by atoms with Crippen molar-refractivity contribution in [1.29, 1.82) is 0 Å². The number of benzene rings is 5. The second-order valence-electron chi connectivity index (χ2n) is 7.47. The lowest BCUT2D eigenvalue weighted by Gasteiger charge is -2.27. The van der Waals surface area contributed by atoms with Crippen molar-refractivity contribution in [2.24, 2.45) is 0 Å². The molecule has 0 N–H and O–H groups in total. The fraction of sp³-hybridized carbons (Fsp3) is 0.0714. The van der Waals surface area contributed by atoms with Crippen LogP contribution in [-0.2, 0) is 0 Å². The average molecular weight is 405 g/mol. The van der Waals surface area contributed by atoms with Crippen molar-refractivity contribution >= 4 is 38.6 Å². The van der Waals surface area contributed by atoms with E-state index in [2.05, 4.69) is 89.8 Å². The molecule has 0 fully saturated rings. The van der Waals surface area contributed by atoms with Gasteiger partial charge in [0.25, 0.3) is 0 Å². The van der Waals surface area contributed by atoms with Gasteiger partial charge >= 0.3 is 0 Å². The van der Waals surface area contributed by atoms with Gasteiger partial charge in [-0.2, -0.15) is 0 Å². The van der Waals surface area contributed by atoms with E-state index in [-0.39, 0.29) is 0 Å². The third kappa shape index (κ3) is 3.66. The highest BCUT2D eigenvalue weighted by molar-refractivity contribution is 5.92. The first-order valence-electron chi connectivity index (χ1n) is 10.3. The Hall–Kier alpha value is -3.98. The molecular formula is C28H23NO2. The van der Waals surface area contributed by atoms with Gasteiger partial charge in [-0.15, -0.1) is 0 Å². The summed E-state index contributed by atoms with van der Waals surface area (Å²) in [6, 6.07) is 35.9. The lowest BCUT2D eigenvalue weighted by Crippen LogP contribution is -2.10. The molecular weight excluding hydrogens is 382 g/mol. The molecule has 0 unspecified atom stereocenters. The molecule has 3 heteroatoms. The van der Waals surface area contributed by atoms with E-state index in [1.807, 2.05) is 18.2 Å². The molecule has 5 rings (SSSR count). The number of anilines is 3. The summed E-state index contributed by atoms with van der Waals surface area (Å²) in [7, 11) is 3.35. The normalized spacial score (nSPS) is 10.9. The van der Waals surface area contributed by atoms with Gasteiger partial charge < -0.3 is 14.4 Å². The van der Waals surface area contributed by atoms with E-state index in [0.717, 1.165) is 28.6 Å². The Morgan fingerprint density at radius 1 is 0.452 bits per heavy atom. The van der Waals surface area contributed by atoms with Crippen molar-refractivity contribution in [1.82, 2.24) is 0 Å². The molecule has 0 aliphatic heterocycles. The number of rotatable bonds is 5. The molecule has 3 nitrogen and oxygen atoms in total. The number of hydrogen-bond acceptors (Lipinski definition) is 3. The van der Waals surface area contributed by atoms with Crippen LogP contribution in [0.4, 0.5) is 17.1 Å². The summed E-state index contributed by atoms with van der Waals surface area (Å²) in [6.07, 6.45) is 0. The summed E-state index contributed by atoms with van der Waals surface area (Å²) in [5, 5.41) is 4.82. The zero-order valence-electron chi connectivity index (χ0n) is 17.6. The first-order valence-corrected chi connectivity index (χ1v) is 10.3. The van der Waals surface area contributed by atoms with E-state index in [1.165, 1.54) is 21.5 Å². The Labute approximate surface area is 182 Å². The number of fused-ring (bicyclic) bond motifs is 2. The van der Waals surface area contributed by atoms with Crippen LogP contribution in [0.15, 0.2) is 103 Å². The van der Waals surface area contributed by atoms with Crippen LogP contribution in [0.1, 0.15) is 0 Å². The van der Waals surface area contributed by atoms with Crippen LogP contribution in [0.2, 0.25) is 0 Å². The zero-order chi connectivity index (χ0) is 21.2. The predicted molar refractivity (Wildman–Crippen MR) is 129 cm³/mol. The largest absolute Gasteiger partial charge is 0.497 e. The van der Waals surface area contributed by atoms with Gasteiger partial charge in [-0.05, 0) is 45.8 Å². The smallest absolute Gasteiger partial charge is 0.124 e. The molecule has 31 heavy (non-hydrogen) atoms. The van der Waals surface area contributed by atoms with Crippen LogP contribution in [0.25, 0.3) is 21.5 Å². The minimum absolute atomic E-state index is 0.751. The number of methoxy groups -OCH3 is 2. The monoisotopic (exact) mass is 405 g/mol. The van der Waals surface area contributed by atoms with Crippen molar-refractivity contribution in [2.45, 2.75) is 0 Å². The minimum Gasteiger partial charge on any atom is -0.497 e. The molecule has 0 bridgehead atoms. The molecule has 0 saturated heterocycles. The van der Waals surface area contributed by atoms with Gasteiger partial charge in [0.15, 0.2) is 0 Å². The van der Waals surface area contributed by atoms with Crippen LogP contribution >= 0.6 is 0 Å². The van der Waals surface area contributed by atoms with E-state index in [0.29, 0.717) is 0 Å². The predicted octanol–water partition coefficient (Wildman–Crippen LogP) is 7.48. The standard InChI is InChI=1S/C28H23NO2/c1-30-27-17-26(18-28(19-27)31-2)29(24-13-11-20-7-3-5-9-22(20)15-24)25-14-12-21-8-4-6-10-23(21)16-25/h3-19H,1-2H3. The first kappa shape index (κ1) is 19.0. The Kier molecular flexibility index (Phi) is 4.93. The van der Waals surface area contributed by atoms with Crippen LogP contribution in [0.5, 0.6) is 11.5 Å². The quantitative estimate of drug-likeness (QED) is 0.302. The Morgan fingerprint density at radius 2 is 0.903 bits per heavy atom. The van der Waals surface area contributed by atoms with Gasteiger partial charge in [0.2, 0.25) is 0 Å². The maximum atomic E-state index is 5.55. The van der Waals surface area contributed by atoms with Crippen molar-refractivity contribution in [3.8, 4) is 11.5 Å². The summed E-state index contributed by atoms with van der Waals surface area (Å²) in [5.41, 5.74) is 3.12. The van der Waals surface area contributed by atoms with Crippen LogP contribution in [0.3, 0.4) is 0 Å². The fourth-order valence-electron chi connectivity index (χ4n) is 4.00. The zero-order valence-corrected chi connectivity index (χ0v) is 17.6. The summed E-state index contributed by atoms with van der Waals surface area (Å²) >= 11 is 0. The van der Waals surface area contributed by atoms with Gasteiger partial charge in [-0.3, -0.25) is 0 Å². The molecule has 5 aromatic rings. The molecule has 0 spiro atoms. The lowest BCUT2D eigenvalue weighted by molar-refractivity contribution is 0.394. The summed E-state index contributed by atoms with van der Waals surface area (Å²) < 4.78 is 11.1. The lowest BCUT2D eigenvalue weighted by atomic mass is 10.1. The van der Waals surface area contributed by atoms with E-state index in [4.69, 9.17) is 9.47 Å². The van der Waals surface area contributed by atoms with Crippen molar-refractivity contribution in [2.75, 3.05) is 19.1 Å². The van der Waals surface area contributed by atoms with Crippen molar-refractivity contribution in [3.05, 3.63) is 103 Å². The van der Waals surface area contributed by atoms with E-state index in [9.17, 15) is 0 Å². The number of nitrogens with zero attached hydrogens (tertiary/aromatic N) is 1. The molecule has 152 valence electrons. The highest BCUT2D eigenvalue weighted by Gasteiger charge is 2.16.